The second kappa shape index (κ2) is 13.7. The number of hydrogen-bond acceptors (Lipinski definition) is 5. The van der Waals surface area contributed by atoms with Gasteiger partial charge in [0, 0.05) is 34.3 Å². The predicted octanol–water partition coefficient (Wildman–Crippen LogP) is 5.42. The summed E-state index contributed by atoms with van der Waals surface area (Å²) in [5.74, 6) is 0.518. The van der Waals surface area contributed by atoms with Crippen molar-refractivity contribution in [2.45, 2.75) is 53.8 Å². The summed E-state index contributed by atoms with van der Waals surface area (Å²) in [7, 11) is 0. The van der Waals surface area contributed by atoms with Crippen LogP contribution in [0.3, 0.4) is 0 Å². The molecule has 0 fully saturated rings. The van der Waals surface area contributed by atoms with Gasteiger partial charge in [-0.2, -0.15) is 5.10 Å². The molecule has 0 aromatic heterocycles. The van der Waals surface area contributed by atoms with Gasteiger partial charge in [0.25, 0.3) is 5.91 Å². The third-order valence-electron chi connectivity index (χ3n) is 4.65. The van der Waals surface area contributed by atoms with Gasteiger partial charge in [-0.05, 0) is 49.2 Å². The van der Waals surface area contributed by atoms with E-state index < -0.39 is 11.7 Å². The topological polar surface area (TPSA) is 74.8 Å². The minimum Gasteiger partial charge on any atom is -0.493 e. The van der Waals surface area contributed by atoms with E-state index in [1.807, 2.05) is 32.9 Å². The lowest BCUT2D eigenvalue weighted by Gasteiger charge is -2.14. The van der Waals surface area contributed by atoms with Crippen molar-refractivity contribution < 1.29 is 13.9 Å². The molecule has 2 aromatic carbocycles. The summed E-state index contributed by atoms with van der Waals surface area (Å²) in [4.78, 5) is 12.7. The van der Waals surface area contributed by atoms with Crippen LogP contribution in [0.25, 0.3) is 0 Å². The molecule has 0 bridgehead atoms. The quantitative estimate of drug-likeness (QED) is 0.224. The van der Waals surface area contributed by atoms with Gasteiger partial charge in [0.1, 0.15) is 11.6 Å². The molecule has 184 valence electrons. The maximum absolute atomic E-state index is 14.4. The van der Waals surface area contributed by atoms with Crippen LogP contribution in [-0.4, -0.2) is 24.4 Å². The van der Waals surface area contributed by atoms with Crippen molar-refractivity contribution in [3.63, 3.8) is 0 Å². The summed E-state index contributed by atoms with van der Waals surface area (Å²) in [6.07, 6.45) is 3.40. The Morgan fingerprint density at radius 1 is 1.12 bits per heavy atom. The van der Waals surface area contributed by atoms with Crippen molar-refractivity contribution >= 4 is 23.3 Å². The van der Waals surface area contributed by atoms with Crippen LogP contribution in [0.15, 0.2) is 53.7 Å². The molecule has 0 radical (unpaired) electrons. The van der Waals surface area contributed by atoms with Crippen molar-refractivity contribution in [1.29, 1.82) is 0 Å². The van der Waals surface area contributed by atoms with Crippen LogP contribution in [0.2, 0.25) is 5.02 Å². The number of nitrogens with zero attached hydrogens (tertiary/aromatic N) is 1. The fraction of sp³-hybridized carbons (Fsp3) is 0.385. The smallest absolute Gasteiger partial charge is 0.256 e. The van der Waals surface area contributed by atoms with E-state index in [1.54, 1.807) is 30.4 Å². The first-order chi connectivity index (χ1) is 16.2. The fourth-order valence-corrected chi connectivity index (χ4v) is 3.09. The van der Waals surface area contributed by atoms with E-state index in [9.17, 15) is 9.18 Å². The molecule has 34 heavy (non-hydrogen) atoms. The number of carbonyl (C=O) groups is 1. The second-order valence-electron chi connectivity index (χ2n) is 8.58. The zero-order valence-corrected chi connectivity index (χ0v) is 21.2. The van der Waals surface area contributed by atoms with Crippen molar-refractivity contribution in [3.05, 3.63) is 76.1 Å². The van der Waals surface area contributed by atoms with Crippen LogP contribution in [0.5, 0.6) is 5.75 Å². The minimum atomic E-state index is -0.454. The zero-order valence-electron chi connectivity index (χ0n) is 20.4. The number of carbonyl (C=O) groups excluding carboxylic acids is 1. The molecule has 2 aromatic rings. The maximum Gasteiger partial charge on any atom is 0.256 e. The lowest BCUT2D eigenvalue weighted by molar-refractivity contribution is 0.0976. The lowest BCUT2D eigenvalue weighted by atomic mass is 10.1. The number of halogens is 2. The van der Waals surface area contributed by atoms with Gasteiger partial charge in [0.15, 0.2) is 5.84 Å². The van der Waals surface area contributed by atoms with E-state index in [0.29, 0.717) is 42.0 Å². The molecule has 2 rings (SSSR count). The Bertz CT molecular complexity index is 1020. The first kappa shape index (κ1) is 27.3. The molecule has 0 aliphatic carbocycles. The molecule has 0 aliphatic heterocycles. The summed E-state index contributed by atoms with van der Waals surface area (Å²) in [6, 6.07) is 10.1. The molecule has 0 spiro atoms. The standard InChI is InChI=1S/C26H34ClFN4O2/c1-6-7-25(31-26(33)19-8-9-20(23(28)13-19)14-29-18(4)5)32-30-15-21-12-22(27)10-11-24(21)34-16-17(2)3/h6-13,17-18,29-30H,14-16H2,1-5H3,(H,31,32,33)/b7-6+. The number of amidine groups is 1. The van der Waals surface area contributed by atoms with Gasteiger partial charge in [0.2, 0.25) is 0 Å². The number of benzene rings is 2. The third-order valence-corrected chi connectivity index (χ3v) is 4.88. The van der Waals surface area contributed by atoms with Gasteiger partial charge >= 0.3 is 0 Å². The second-order valence-corrected chi connectivity index (χ2v) is 9.02. The average molecular weight is 489 g/mol. The molecule has 8 heteroatoms. The monoisotopic (exact) mass is 488 g/mol. The molecule has 0 saturated heterocycles. The average Bonchev–Trinajstić information content (AvgIpc) is 2.77. The SMILES string of the molecule is C/C=C/C(=N\NCc1cc(Cl)ccc1OCC(C)C)NC(=O)c1ccc(CNC(C)C)c(F)c1. The van der Waals surface area contributed by atoms with E-state index in [4.69, 9.17) is 16.3 Å². The van der Waals surface area contributed by atoms with Gasteiger partial charge in [-0.15, -0.1) is 0 Å². The Labute approximate surface area is 206 Å². The first-order valence-corrected chi connectivity index (χ1v) is 11.7. The Morgan fingerprint density at radius 2 is 1.88 bits per heavy atom. The highest BCUT2D eigenvalue weighted by Gasteiger charge is 2.12. The van der Waals surface area contributed by atoms with Crippen molar-refractivity contribution in [2.24, 2.45) is 11.0 Å². The predicted molar refractivity (Wildman–Crippen MR) is 137 cm³/mol. The molecule has 0 atom stereocenters. The van der Waals surface area contributed by atoms with Gasteiger partial charge in [-0.25, -0.2) is 4.39 Å². The van der Waals surface area contributed by atoms with E-state index in [0.717, 1.165) is 11.3 Å². The van der Waals surface area contributed by atoms with Gasteiger partial charge < -0.3 is 20.8 Å². The Hall–Kier alpha value is -2.90. The third kappa shape index (κ3) is 9.15. The van der Waals surface area contributed by atoms with Crippen LogP contribution in [0.4, 0.5) is 4.39 Å². The molecular weight excluding hydrogens is 455 g/mol. The Balaban J connectivity index is 2.07. The Morgan fingerprint density at radius 3 is 2.53 bits per heavy atom. The van der Waals surface area contributed by atoms with E-state index in [2.05, 4.69) is 35.0 Å². The van der Waals surface area contributed by atoms with Crippen LogP contribution in [-0.2, 0) is 13.1 Å². The van der Waals surface area contributed by atoms with E-state index in [1.165, 1.54) is 6.07 Å². The summed E-state index contributed by atoms with van der Waals surface area (Å²) < 4.78 is 20.3. The molecule has 1 amide bonds. The van der Waals surface area contributed by atoms with Crippen molar-refractivity contribution in [2.75, 3.05) is 6.61 Å². The first-order valence-electron chi connectivity index (χ1n) is 11.4. The minimum absolute atomic E-state index is 0.210. The van der Waals surface area contributed by atoms with Gasteiger partial charge in [-0.1, -0.05) is 51.4 Å². The number of ether oxygens (including phenoxy) is 1. The fourth-order valence-electron chi connectivity index (χ4n) is 2.89. The van der Waals surface area contributed by atoms with E-state index >= 15 is 0 Å². The summed E-state index contributed by atoms with van der Waals surface area (Å²) in [5.41, 5.74) is 4.51. The van der Waals surface area contributed by atoms with Gasteiger partial charge in [-0.3, -0.25) is 4.79 Å². The Kier molecular flexibility index (Phi) is 11.0. The molecule has 0 heterocycles. The van der Waals surface area contributed by atoms with Crippen molar-refractivity contribution in [1.82, 2.24) is 16.1 Å². The number of hydrogen-bond donors (Lipinski definition) is 3. The van der Waals surface area contributed by atoms with E-state index in [-0.39, 0.29) is 11.6 Å². The molecule has 0 saturated carbocycles. The van der Waals surface area contributed by atoms with Crippen LogP contribution < -0.4 is 20.8 Å². The highest BCUT2D eigenvalue weighted by molar-refractivity contribution is 6.30. The largest absolute Gasteiger partial charge is 0.493 e. The highest BCUT2D eigenvalue weighted by Crippen LogP contribution is 2.23. The summed E-state index contributed by atoms with van der Waals surface area (Å²) in [5, 5.41) is 10.7. The van der Waals surface area contributed by atoms with Gasteiger partial charge in [0.05, 0.1) is 13.2 Å². The molecular formula is C26H34ClFN4O2. The molecule has 6 nitrogen and oxygen atoms in total. The number of allylic oxidation sites excluding steroid dienone is 1. The van der Waals surface area contributed by atoms with Crippen molar-refractivity contribution in [3.8, 4) is 5.75 Å². The maximum atomic E-state index is 14.4. The normalized spacial score (nSPS) is 12.0. The van der Waals surface area contributed by atoms with Crippen LogP contribution >= 0.6 is 11.6 Å². The summed E-state index contributed by atoms with van der Waals surface area (Å²) in [6.45, 7) is 11.3. The number of nitrogens with one attached hydrogen (secondary N) is 3. The zero-order chi connectivity index (χ0) is 25.1. The lowest BCUT2D eigenvalue weighted by Crippen LogP contribution is -2.31. The van der Waals surface area contributed by atoms with Crippen LogP contribution in [0.1, 0.15) is 56.1 Å². The number of hydrazone groups is 1. The number of rotatable bonds is 11. The molecule has 0 aliphatic rings. The number of amides is 1. The van der Waals surface area contributed by atoms with Crippen LogP contribution in [0, 0.1) is 11.7 Å². The summed E-state index contributed by atoms with van der Waals surface area (Å²) >= 11 is 6.14. The highest BCUT2D eigenvalue weighted by atomic mass is 35.5. The molecule has 0 unspecified atom stereocenters. The molecule has 3 N–H and O–H groups in total.